The van der Waals surface area contributed by atoms with Crippen LogP contribution >= 0.6 is 11.6 Å². The highest BCUT2D eigenvalue weighted by Crippen LogP contribution is 2.29. The van der Waals surface area contributed by atoms with Gasteiger partial charge in [0.05, 0.1) is 7.11 Å². The molecule has 15 heavy (non-hydrogen) atoms. The summed E-state index contributed by atoms with van der Waals surface area (Å²) in [4.78, 5) is 2.16. The minimum Gasteiger partial charge on any atom is -0.496 e. The molecule has 0 heterocycles. The summed E-state index contributed by atoms with van der Waals surface area (Å²) < 4.78 is 5.28. The molecule has 3 heteroatoms. The van der Waals surface area contributed by atoms with Crippen LogP contribution in [0.15, 0.2) is 12.1 Å². The first-order chi connectivity index (χ1) is 7.11. The van der Waals surface area contributed by atoms with Gasteiger partial charge in [-0.05, 0) is 37.1 Å². The van der Waals surface area contributed by atoms with Gasteiger partial charge in [-0.1, -0.05) is 0 Å². The molecule has 0 fully saturated rings. The van der Waals surface area contributed by atoms with E-state index in [2.05, 4.69) is 31.9 Å². The largest absolute Gasteiger partial charge is 0.496 e. The summed E-state index contributed by atoms with van der Waals surface area (Å²) in [6.45, 7) is 5.04. The van der Waals surface area contributed by atoms with Gasteiger partial charge in [-0.3, -0.25) is 0 Å². The lowest BCUT2D eigenvalue weighted by Gasteiger charge is -2.22. The third kappa shape index (κ3) is 2.57. The number of benzene rings is 1. The topological polar surface area (TPSA) is 12.5 Å². The van der Waals surface area contributed by atoms with E-state index in [1.165, 1.54) is 16.8 Å². The van der Waals surface area contributed by atoms with Crippen molar-refractivity contribution in [3.63, 3.8) is 0 Å². The van der Waals surface area contributed by atoms with E-state index >= 15 is 0 Å². The highest BCUT2D eigenvalue weighted by Gasteiger charge is 2.09. The van der Waals surface area contributed by atoms with Crippen LogP contribution in [-0.4, -0.2) is 26.6 Å². The molecule has 0 aromatic heterocycles. The van der Waals surface area contributed by atoms with Crippen molar-refractivity contribution in [2.75, 3.05) is 31.5 Å². The van der Waals surface area contributed by atoms with Crippen LogP contribution in [0.5, 0.6) is 5.75 Å². The second-order valence-electron chi connectivity index (χ2n) is 3.65. The van der Waals surface area contributed by atoms with Gasteiger partial charge in [0.1, 0.15) is 5.75 Å². The fourth-order valence-electron chi connectivity index (χ4n) is 1.66. The van der Waals surface area contributed by atoms with E-state index in [0.29, 0.717) is 5.88 Å². The molecule has 0 aliphatic carbocycles. The van der Waals surface area contributed by atoms with Crippen molar-refractivity contribution in [3.8, 4) is 5.75 Å². The van der Waals surface area contributed by atoms with Crippen molar-refractivity contribution in [1.82, 2.24) is 0 Å². The fourth-order valence-corrected chi connectivity index (χ4v) is 1.92. The van der Waals surface area contributed by atoms with Crippen molar-refractivity contribution in [3.05, 3.63) is 23.3 Å². The standard InChI is InChI=1S/C12H18ClNO/c1-9-10(2)12(15-4)6-5-11(9)14(3)8-7-13/h5-6H,7-8H2,1-4H3. The number of rotatable bonds is 4. The van der Waals surface area contributed by atoms with Crippen molar-refractivity contribution < 1.29 is 4.74 Å². The maximum Gasteiger partial charge on any atom is 0.122 e. The molecule has 1 aromatic rings. The van der Waals surface area contributed by atoms with Crippen LogP contribution in [-0.2, 0) is 0 Å². The van der Waals surface area contributed by atoms with Gasteiger partial charge in [0.2, 0.25) is 0 Å². The predicted molar refractivity (Wildman–Crippen MR) is 66.5 cm³/mol. The van der Waals surface area contributed by atoms with Crippen LogP contribution in [0.1, 0.15) is 11.1 Å². The summed E-state index contributed by atoms with van der Waals surface area (Å²) in [5, 5.41) is 0. The number of hydrogen-bond donors (Lipinski definition) is 0. The molecule has 0 aliphatic rings. The Balaban J connectivity index is 3.06. The molecule has 0 radical (unpaired) electrons. The molecule has 2 nitrogen and oxygen atoms in total. The second kappa shape index (κ2) is 5.26. The molecule has 0 amide bonds. The van der Waals surface area contributed by atoms with Gasteiger partial charge in [-0.15, -0.1) is 11.6 Å². The molecular weight excluding hydrogens is 210 g/mol. The molecule has 0 aliphatic heterocycles. The summed E-state index contributed by atoms with van der Waals surface area (Å²) in [5.41, 5.74) is 3.66. The SMILES string of the molecule is COc1ccc(N(C)CCCl)c(C)c1C. The Morgan fingerprint density at radius 2 is 1.93 bits per heavy atom. The van der Waals surface area contributed by atoms with Crippen molar-refractivity contribution in [1.29, 1.82) is 0 Å². The van der Waals surface area contributed by atoms with Crippen LogP contribution in [0.4, 0.5) is 5.69 Å². The lowest BCUT2D eigenvalue weighted by Crippen LogP contribution is -2.20. The molecule has 1 aromatic carbocycles. The third-order valence-corrected chi connectivity index (χ3v) is 2.93. The van der Waals surface area contributed by atoms with Crippen molar-refractivity contribution >= 4 is 17.3 Å². The fraction of sp³-hybridized carbons (Fsp3) is 0.500. The van der Waals surface area contributed by atoms with Gasteiger partial charge in [-0.2, -0.15) is 0 Å². The zero-order valence-electron chi connectivity index (χ0n) is 9.80. The Bertz CT molecular complexity index is 339. The molecule has 0 bridgehead atoms. The first kappa shape index (κ1) is 12.2. The highest BCUT2D eigenvalue weighted by molar-refractivity contribution is 6.18. The molecule has 0 saturated carbocycles. The second-order valence-corrected chi connectivity index (χ2v) is 4.03. The van der Waals surface area contributed by atoms with Gasteiger partial charge >= 0.3 is 0 Å². The average Bonchev–Trinajstić information content (AvgIpc) is 2.22. The van der Waals surface area contributed by atoms with E-state index in [-0.39, 0.29) is 0 Å². The lowest BCUT2D eigenvalue weighted by atomic mass is 10.1. The molecular formula is C12H18ClNO. The molecule has 0 atom stereocenters. The Morgan fingerprint density at radius 1 is 1.27 bits per heavy atom. The number of hydrogen-bond acceptors (Lipinski definition) is 2. The molecule has 1 rings (SSSR count). The first-order valence-electron chi connectivity index (χ1n) is 5.03. The first-order valence-corrected chi connectivity index (χ1v) is 5.56. The summed E-state index contributed by atoms with van der Waals surface area (Å²) in [6, 6.07) is 4.08. The van der Waals surface area contributed by atoms with E-state index in [4.69, 9.17) is 16.3 Å². The van der Waals surface area contributed by atoms with Crippen LogP contribution in [0.3, 0.4) is 0 Å². The number of methoxy groups -OCH3 is 1. The number of alkyl halides is 1. The van der Waals surface area contributed by atoms with Crippen LogP contribution in [0, 0.1) is 13.8 Å². The van der Waals surface area contributed by atoms with Crippen LogP contribution in [0.25, 0.3) is 0 Å². The zero-order chi connectivity index (χ0) is 11.4. The summed E-state index contributed by atoms with van der Waals surface area (Å²) in [7, 11) is 3.75. The minimum atomic E-state index is 0.640. The normalized spacial score (nSPS) is 10.2. The van der Waals surface area contributed by atoms with Crippen molar-refractivity contribution in [2.24, 2.45) is 0 Å². The van der Waals surface area contributed by atoms with Crippen LogP contribution in [0.2, 0.25) is 0 Å². The Morgan fingerprint density at radius 3 is 2.47 bits per heavy atom. The molecule has 0 unspecified atom stereocenters. The predicted octanol–water partition coefficient (Wildman–Crippen LogP) is 2.99. The smallest absolute Gasteiger partial charge is 0.122 e. The van der Waals surface area contributed by atoms with E-state index in [1.54, 1.807) is 7.11 Å². The van der Waals surface area contributed by atoms with Gasteiger partial charge in [0, 0.05) is 25.2 Å². The van der Waals surface area contributed by atoms with Crippen LogP contribution < -0.4 is 9.64 Å². The van der Waals surface area contributed by atoms with Gasteiger partial charge in [-0.25, -0.2) is 0 Å². The zero-order valence-corrected chi connectivity index (χ0v) is 10.6. The van der Waals surface area contributed by atoms with Gasteiger partial charge in [0.25, 0.3) is 0 Å². The van der Waals surface area contributed by atoms with E-state index in [1.807, 2.05) is 6.07 Å². The maximum absolute atomic E-state index is 5.73. The monoisotopic (exact) mass is 227 g/mol. The van der Waals surface area contributed by atoms with Crippen molar-refractivity contribution in [2.45, 2.75) is 13.8 Å². The van der Waals surface area contributed by atoms with E-state index in [9.17, 15) is 0 Å². The van der Waals surface area contributed by atoms with E-state index in [0.717, 1.165) is 12.3 Å². The Labute approximate surface area is 96.8 Å². The Kier molecular flexibility index (Phi) is 4.28. The van der Waals surface area contributed by atoms with E-state index < -0.39 is 0 Å². The molecule has 0 saturated heterocycles. The molecule has 84 valence electrons. The number of ether oxygens (including phenoxy) is 1. The maximum atomic E-state index is 5.73. The Hall–Kier alpha value is -0.890. The molecule has 0 N–H and O–H groups in total. The summed E-state index contributed by atoms with van der Waals surface area (Å²) in [6.07, 6.45) is 0. The van der Waals surface area contributed by atoms with Gasteiger partial charge in [0.15, 0.2) is 0 Å². The average molecular weight is 228 g/mol. The quantitative estimate of drug-likeness (QED) is 0.734. The summed E-state index contributed by atoms with van der Waals surface area (Å²) >= 11 is 5.73. The number of halogens is 1. The highest BCUT2D eigenvalue weighted by atomic mass is 35.5. The molecule has 0 spiro atoms. The minimum absolute atomic E-state index is 0.640. The number of nitrogens with zero attached hydrogens (tertiary/aromatic N) is 1. The number of anilines is 1. The third-order valence-electron chi connectivity index (χ3n) is 2.76. The van der Waals surface area contributed by atoms with Gasteiger partial charge < -0.3 is 9.64 Å². The lowest BCUT2D eigenvalue weighted by molar-refractivity contribution is 0.411. The summed E-state index contributed by atoms with van der Waals surface area (Å²) in [5.74, 6) is 1.58.